The standard InChI is InChI=1S/C30H28O3/c1-3-24-17-19-27(20-18-24)33-23(2)31-21-22-32-30-28(25-11-6-4-7-12-25)15-10-16-29(30)26-13-8-5-9-14-26/h3-20,23H,1,21-22H2,2H3. The molecule has 0 aromatic heterocycles. The molecular weight excluding hydrogens is 408 g/mol. The molecule has 4 aromatic carbocycles. The second-order valence-electron chi connectivity index (χ2n) is 7.59. The molecular formula is C30H28O3. The van der Waals surface area contributed by atoms with Crippen LogP contribution in [0.15, 0.2) is 110 Å². The maximum absolute atomic E-state index is 6.32. The molecule has 33 heavy (non-hydrogen) atoms. The zero-order valence-corrected chi connectivity index (χ0v) is 18.8. The highest BCUT2D eigenvalue weighted by atomic mass is 16.7. The van der Waals surface area contributed by atoms with Crippen molar-refractivity contribution >= 4 is 6.08 Å². The third kappa shape index (κ3) is 5.91. The van der Waals surface area contributed by atoms with Crippen LogP contribution in [-0.2, 0) is 4.74 Å². The summed E-state index contributed by atoms with van der Waals surface area (Å²) in [6, 6.07) is 34.6. The number of benzene rings is 4. The summed E-state index contributed by atoms with van der Waals surface area (Å²) in [4.78, 5) is 0. The summed E-state index contributed by atoms with van der Waals surface area (Å²) < 4.78 is 18.0. The number of hydrogen-bond donors (Lipinski definition) is 0. The summed E-state index contributed by atoms with van der Waals surface area (Å²) in [6.07, 6.45) is 1.42. The van der Waals surface area contributed by atoms with E-state index < -0.39 is 0 Å². The fourth-order valence-electron chi connectivity index (χ4n) is 3.65. The lowest BCUT2D eigenvalue weighted by molar-refractivity contribution is -0.0738. The predicted octanol–water partition coefficient (Wildman–Crippen LogP) is 7.48. The molecule has 0 fully saturated rings. The van der Waals surface area contributed by atoms with Crippen molar-refractivity contribution in [2.45, 2.75) is 13.2 Å². The number of hydrogen-bond acceptors (Lipinski definition) is 3. The van der Waals surface area contributed by atoms with Gasteiger partial charge >= 0.3 is 0 Å². The topological polar surface area (TPSA) is 27.7 Å². The van der Waals surface area contributed by atoms with Crippen LogP contribution in [0.5, 0.6) is 11.5 Å². The van der Waals surface area contributed by atoms with E-state index >= 15 is 0 Å². The van der Waals surface area contributed by atoms with Crippen molar-refractivity contribution in [3.8, 4) is 33.8 Å². The largest absolute Gasteiger partial charge is 0.490 e. The van der Waals surface area contributed by atoms with E-state index in [0.29, 0.717) is 13.2 Å². The van der Waals surface area contributed by atoms with Crippen LogP contribution in [0.2, 0.25) is 0 Å². The van der Waals surface area contributed by atoms with Gasteiger partial charge in [0.05, 0.1) is 6.61 Å². The average molecular weight is 437 g/mol. The molecule has 4 aromatic rings. The predicted molar refractivity (Wildman–Crippen MR) is 135 cm³/mol. The molecule has 3 nitrogen and oxygen atoms in total. The van der Waals surface area contributed by atoms with E-state index in [2.05, 4.69) is 49.0 Å². The zero-order chi connectivity index (χ0) is 22.9. The van der Waals surface area contributed by atoms with Crippen molar-refractivity contribution in [2.24, 2.45) is 0 Å². The second kappa shape index (κ2) is 11.2. The number of ether oxygens (including phenoxy) is 3. The van der Waals surface area contributed by atoms with Crippen LogP contribution in [0.4, 0.5) is 0 Å². The van der Waals surface area contributed by atoms with Gasteiger partial charge in [0.2, 0.25) is 0 Å². The molecule has 0 aliphatic carbocycles. The van der Waals surface area contributed by atoms with Gasteiger partial charge in [-0.1, -0.05) is 104 Å². The highest BCUT2D eigenvalue weighted by molar-refractivity contribution is 5.82. The Hall–Kier alpha value is -3.82. The number of para-hydroxylation sites is 1. The lowest BCUT2D eigenvalue weighted by Gasteiger charge is -2.18. The van der Waals surface area contributed by atoms with Crippen molar-refractivity contribution in [1.82, 2.24) is 0 Å². The first-order valence-electron chi connectivity index (χ1n) is 11.1. The van der Waals surface area contributed by atoms with Crippen LogP contribution in [0.25, 0.3) is 28.3 Å². The Morgan fingerprint density at radius 3 is 1.82 bits per heavy atom. The van der Waals surface area contributed by atoms with Crippen molar-refractivity contribution in [2.75, 3.05) is 13.2 Å². The van der Waals surface area contributed by atoms with Gasteiger partial charge in [0.15, 0.2) is 6.29 Å². The van der Waals surface area contributed by atoms with Crippen molar-refractivity contribution < 1.29 is 14.2 Å². The van der Waals surface area contributed by atoms with Gasteiger partial charge in [-0.15, -0.1) is 0 Å². The molecule has 0 N–H and O–H groups in total. The molecule has 1 atom stereocenters. The Morgan fingerprint density at radius 1 is 0.697 bits per heavy atom. The molecule has 0 saturated carbocycles. The average Bonchev–Trinajstić information content (AvgIpc) is 2.88. The fraction of sp³-hybridized carbons (Fsp3) is 0.133. The summed E-state index contributed by atoms with van der Waals surface area (Å²) in [5.41, 5.74) is 5.40. The summed E-state index contributed by atoms with van der Waals surface area (Å²) in [7, 11) is 0. The van der Waals surface area contributed by atoms with Crippen LogP contribution >= 0.6 is 0 Å². The summed E-state index contributed by atoms with van der Waals surface area (Å²) in [6.45, 7) is 6.47. The SMILES string of the molecule is C=Cc1ccc(OC(C)OCCOc2c(-c3ccccc3)cccc2-c2ccccc2)cc1. The third-order valence-electron chi connectivity index (χ3n) is 5.28. The normalized spacial score (nSPS) is 11.5. The molecule has 0 heterocycles. The van der Waals surface area contributed by atoms with E-state index in [1.165, 1.54) is 0 Å². The van der Waals surface area contributed by atoms with Crippen molar-refractivity contribution in [1.29, 1.82) is 0 Å². The van der Waals surface area contributed by atoms with Gasteiger partial charge in [0.1, 0.15) is 18.1 Å². The van der Waals surface area contributed by atoms with Crippen LogP contribution < -0.4 is 9.47 Å². The van der Waals surface area contributed by atoms with Gasteiger partial charge in [-0.2, -0.15) is 0 Å². The summed E-state index contributed by atoms with van der Waals surface area (Å²) >= 11 is 0. The van der Waals surface area contributed by atoms with Crippen LogP contribution in [0.1, 0.15) is 12.5 Å². The maximum atomic E-state index is 6.32. The zero-order valence-electron chi connectivity index (χ0n) is 18.8. The lowest BCUT2D eigenvalue weighted by atomic mass is 9.97. The molecule has 0 radical (unpaired) electrons. The van der Waals surface area contributed by atoms with Crippen LogP contribution in [-0.4, -0.2) is 19.5 Å². The second-order valence-corrected chi connectivity index (χ2v) is 7.59. The van der Waals surface area contributed by atoms with Crippen LogP contribution in [0, 0.1) is 0 Å². The molecule has 166 valence electrons. The van der Waals surface area contributed by atoms with Gasteiger partial charge in [-0.3, -0.25) is 0 Å². The lowest BCUT2D eigenvalue weighted by Crippen LogP contribution is -2.20. The van der Waals surface area contributed by atoms with Crippen molar-refractivity contribution in [3.05, 3.63) is 115 Å². The van der Waals surface area contributed by atoms with E-state index in [1.54, 1.807) is 6.08 Å². The molecule has 0 aliphatic heterocycles. The molecule has 0 aliphatic rings. The highest BCUT2D eigenvalue weighted by Crippen LogP contribution is 2.39. The minimum absolute atomic E-state index is 0.388. The Bertz CT molecular complexity index is 1090. The molecule has 3 heteroatoms. The van der Waals surface area contributed by atoms with E-state index in [0.717, 1.165) is 39.3 Å². The number of rotatable bonds is 10. The first-order valence-corrected chi connectivity index (χ1v) is 11.1. The van der Waals surface area contributed by atoms with E-state index in [9.17, 15) is 0 Å². The minimum atomic E-state index is -0.388. The maximum Gasteiger partial charge on any atom is 0.197 e. The first kappa shape index (κ1) is 22.4. The van der Waals surface area contributed by atoms with E-state index in [-0.39, 0.29) is 6.29 Å². The van der Waals surface area contributed by atoms with E-state index in [4.69, 9.17) is 14.2 Å². The van der Waals surface area contributed by atoms with Crippen LogP contribution in [0.3, 0.4) is 0 Å². The Labute approximate surface area is 195 Å². The monoisotopic (exact) mass is 436 g/mol. The Balaban J connectivity index is 1.44. The van der Waals surface area contributed by atoms with Gasteiger partial charge in [-0.05, 0) is 35.7 Å². The molecule has 0 amide bonds. The summed E-state index contributed by atoms with van der Waals surface area (Å²) in [5, 5.41) is 0. The van der Waals surface area contributed by atoms with Gasteiger partial charge in [0, 0.05) is 11.1 Å². The third-order valence-corrected chi connectivity index (χ3v) is 5.28. The molecule has 0 spiro atoms. The molecule has 0 bridgehead atoms. The quantitative estimate of drug-likeness (QED) is 0.190. The highest BCUT2D eigenvalue weighted by Gasteiger charge is 2.14. The molecule has 0 saturated heterocycles. The smallest absolute Gasteiger partial charge is 0.197 e. The minimum Gasteiger partial charge on any atom is -0.490 e. The first-order chi connectivity index (χ1) is 16.2. The van der Waals surface area contributed by atoms with Gasteiger partial charge in [-0.25, -0.2) is 0 Å². The van der Waals surface area contributed by atoms with Gasteiger partial charge < -0.3 is 14.2 Å². The van der Waals surface area contributed by atoms with Crippen molar-refractivity contribution in [3.63, 3.8) is 0 Å². The molecule has 1 unspecified atom stereocenters. The fourth-order valence-corrected chi connectivity index (χ4v) is 3.65. The summed E-state index contributed by atoms with van der Waals surface area (Å²) in [5.74, 6) is 1.61. The Morgan fingerprint density at radius 2 is 1.27 bits per heavy atom. The van der Waals surface area contributed by atoms with Gasteiger partial charge in [0.25, 0.3) is 0 Å². The Kier molecular flexibility index (Phi) is 7.57. The van der Waals surface area contributed by atoms with E-state index in [1.807, 2.05) is 67.6 Å². The molecule has 4 rings (SSSR count).